The zero-order valence-corrected chi connectivity index (χ0v) is 16.4. The molecule has 0 saturated carbocycles. The van der Waals surface area contributed by atoms with Gasteiger partial charge >= 0.3 is 6.09 Å². The first-order valence-corrected chi connectivity index (χ1v) is 10.7. The van der Waals surface area contributed by atoms with Gasteiger partial charge in [0.25, 0.3) is 0 Å². The molecule has 25 heavy (non-hydrogen) atoms. The lowest BCUT2D eigenvalue weighted by Crippen LogP contribution is -2.42. The average Bonchev–Trinajstić information content (AvgIpc) is 2.51. The number of sulfone groups is 1. The largest absolute Gasteiger partial charge is 0.444 e. The molecule has 1 aliphatic rings. The predicted molar refractivity (Wildman–Crippen MR) is 98.4 cm³/mol. The molecule has 0 radical (unpaired) electrons. The Morgan fingerprint density at radius 3 is 2.44 bits per heavy atom. The van der Waals surface area contributed by atoms with Gasteiger partial charge in [-0.25, -0.2) is 13.2 Å². The molecule has 0 spiro atoms. The smallest absolute Gasteiger partial charge is 0.410 e. The van der Waals surface area contributed by atoms with Crippen LogP contribution in [-0.2, 0) is 21.0 Å². The van der Waals surface area contributed by atoms with Crippen molar-refractivity contribution in [2.75, 3.05) is 19.3 Å². The molecule has 6 heteroatoms. The van der Waals surface area contributed by atoms with Crippen LogP contribution in [0.5, 0.6) is 0 Å². The lowest BCUT2D eigenvalue weighted by Gasteiger charge is -2.34. The normalized spacial score (nSPS) is 18.9. The van der Waals surface area contributed by atoms with E-state index in [1.165, 1.54) is 6.26 Å². The summed E-state index contributed by atoms with van der Waals surface area (Å²) in [4.78, 5) is 14.4. The molecule has 1 saturated heterocycles. The number of carbonyl (C=O) groups is 1. The second-order valence-corrected chi connectivity index (χ2v) is 9.91. The Labute approximate surface area is 151 Å². The van der Waals surface area contributed by atoms with Crippen molar-refractivity contribution < 1.29 is 17.9 Å². The summed E-state index contributed by atoms with van der Waals surface area (Å²) < 4.78 is 28.5. The number of benzene rings is 1. The van der Waals surface area contributed by atoms with E-state index in [-0.39, 0.29) is 6.09 Å². The van der Waals surface area contributed by atoms with Gasteiger partial charge in [-0.05, 0) is 70.1 Å². The van der Waals surface area contributed by atoms with Crippen molar-refractivity contribution in [3.8, 4) is 0 Å². The monoisotopic (exact) mass is 367 g/mol. The fourth-order valence-corrected chi connectivity index (χ4v) is 3.70. The third-order valence-corrected chi connectivity index (χ3v) is 5.49. The van der Waals surface area contributed by atoms with E-state index < -0.39 is 15.4 Å². The molecule has 0 aliphatic carbocycles. The number of amides is 1. The van der Waals surface area contributed by atoms with Crippen LogP contribution in [0.2, 0.25) is 0 Å². The van der Waals surface area contributed by atoms with E-state index in [0.29, 0.717) is 10.8 Å². The van der Waals surface area contributed by atoms with E-state index in [0.717, 1.165) is 44.3 Å². The molecule has 1 aliphatic heterocycles. The molecule has 0 aromatic heterocycles. The Balaban J connectivity index is 1.87. The van der Waals surface area contributed by atoms with Gasteiger partial charge in [-0.1, -0.05) is 12.1 Å². The highest BCUT2D eigenvalue weighted by molar-refractivity contribution is 7.90. The van der Waals surface area contributed by atoms with E-state index in [1.807, 2.05) is 37.8 Å². The van der Waals surface area contributed by atoms with Crippen molar-refractivity contribution in [1.29, 1.82) is 0 Å². The zero-order chi connectivity index (χ0) is 18.7. The van der Waals surface area contributed by atoms with Crippen molar-refractivity contribution in [2.45, 2.75) is 57.0 Å². The number of rotatable bonds is 4. The first-order valence-electron chi connectivity index (χ1n) is 8.81. The van der Waals surface area contributed by atoms with Crippen molar-refractivity contribution in [1.82, 2.24) is 4.90 Å². The van der Waals surface area contributed by atoms with Crippen molar-refractivity contribution >= 4 is 15.9 Å². The molecule has 1 aromatic carbocycles. The Bertz CT molecular complexity index is 689. The van der Waals surface area contributed by atoms with E-state index in [1.54, 1.807) is 12.1 Å². The lowest BCUT2D eigenvalue weighted by atomic mass is 9.92. The van der Waals surface area contributed by atoms with Crippen LogP contribution in [0.25, 0.3) is 0 Å². The lowest BCUT2D eigenvalue weighted by molar-refractivity contribution is 0.0162. The first-order chi connectivity index (χ1) is 11.5. The number of hydrogen-bond donors (Lipinski definition) is 0. The van der Waals surface area contributed by atoms with Crippen LogP contribution in [0.15, 0.2) is 29.2 Å². The Kier molecular flexibility index (Phi) is 6.14. The summed E-state index contributed by atoms with van der Waals surface area (Å²) in [6.45, 7) is 7.14. The molecule has 1 aromatic rings. The van der Waals surface area contributed by atoms with Gasteiger partial charge in [-0.15, -0.1) is 0 Å². The SMILES string of the molecule is CC(C)(C)OC(=O)N1CCCC(CCc2ccc(S(C)(=O)=O)cc2)C1. The Morgan fingerprint density at radius 2 is 1.88 bits per heavy atom. The minimum Gasteiger partial charge on any atom is -0.444 e. The van der Waals surface area contributed by atoms with Gasteiger partial charge in [-0.3, -0.25) is 0 Å². The summed E-state index contributed by atoms with van der Waals surface area (Å²) in [6.07, 6.45) is 4.97. The van der Waals surface area contributed by atoms with Gasteiger partial charge in [0.2, 0.25) is 0 Å². The molecule has 1 heterocycles. The highest BCUT2D eigenvalue weighted by Crippen LogP contribution is 2.23. The highest BCUT2D eigenvalue weighted by atomic mass is 32.2. The van der Waals surface area contributed by atoms with Gasteiger partial charge in [0.15, 0.2) is 9.84 Å². The molecule has 1 amide bonds. The topological polar surface area (TPSA) is 63.7 Å². The molecule has 0 N–H and O–H groups in total. The van der Waals surface area contributed by atoms with Crippen molar-refractivity contribution in [3.63, 3.8) is 0 Å². The molecule has 5 nitrogen and oxygen atoms in total. The number of piperidine rings is 1. The summed E-state index contributed by atoms with van der Waals surface area (Å²) >= 11 is 0. The number of aryl methyl sites for hydroxylation is 1. The van der Waals surface area contributed by atoms with Crippen LogP contribution < -0.4 is 0 Å². The number of likely N-dealkylation sites (tertiary alicyclic amines) is 1. The number of carbonyl (C=O) groups excluding carboxylic acids is 1. The summed E-state index contributed by atoms with van der Waals surface area (Å²) in [6, 6.07) is 7.09. The van der Waals surface area contributed by atoms with E-state index >= 15 is 0 Å². The van der Waals surface area contributed by atoms with Crippen LogP contribution >= 0.6 is 0 Å². The van der Waals surface area contributed by atoms with Gasteiger partial charge in [0.1, 0.15) is 5.60 Å². The van der Waals surface area contributed by atoms with E-state index in [2.05, 4.69) is 0 Å². The molecule has 1 atom stereocenters. The highest BCUT2D eigenvalue weighted by Gasteiger charge is 2.27. The second-order valence-electron chi connectivity index (χ2n) is 7.89. The molecular formula is C19H29NO4S. The zero-order valence-electron chi connectivity index (χ0n) is 15.6. The van der Waals surface area contributed by atoms with Crippen LogP contribution in [-0.4, -0.2) is 44.4 Å². The van der Waals surface area contributed by atoms with Gasteiger partial charge < -0.3 is 9.64 Å². The standard InChI is InChI=1S/C19H29NO4S/c1-19(2,3)24-18(21)20-13-5-6-16(14-20)8-7-15-9-11-17(12-10-15)25(4,22)23/h9-12,16H,5-8,13-14H2,1-4H3. The minimum absolute atomic E-state index is 0.227. The second kappa shape index (κ2) is 7.77. The fourth-order valence-electron chi connectivity index (χ4n) is 3.07. The maximum atomic E-state index is 12.2. The van der Waals surface area contributed by atoms with E-state index in [4.69, 9.17) is 4.74 Å². The number of nitrogens with zero attached hydrogens (tertiary/aromatic N) is 1. The quantitative estimate of drug-likeness (QED) is 0.814. The number of hydrogen-bond acceptors (Lipinski definition) is 4. The summed E-state index contributed by atoms with van der Waals surface area (Å²) in [7, 11) is -3.14. The van der Waals surface area contributed by atoms with Gasteiger partial charge in [-0.2, -0.15) is 0 Å². The van der Waals surface area contributed by atoms with Crippen LogP contribution in [0, 0.1) is 5.92 Å². The molecule has 140 valence electrons. The molecule has 1 fully saturated rings. The number of ether oxygens (including phenoxy) is 1. The molecule has 1 unspecified atom stereocenters. The van der Waals surface area contributed by atoms with Gasteiger partial charge in [0.05, 0.1) is 4.90 Å². The minimum atomic E-state index is -3.14. The molecular weight excluding hydrogens is 338 g/mol. The maximum Gasteiger partial charge on any atom is 0.410 e. The third-order valence-electron chi connectivity index (χ3n) is 4.36. The van der Waals surface area contributed by atoms with Crippen LogP contribution in [0.4, 0.5) is 4.79 Å². The average molecular weight is 368 g/mol. The Morgan fingerprint density at radius 1 is 1.24 bits per heavy atom. The van der Waals surface area contributed by atoms with Crippen LogP contribution in [0.3, 0.4) is 0 Å². The van der Waals surface area contributed by atoms with E-state index in [9.17, 15) is 13.2 Å². The van der Waals surface area contributed by atoms with Crippen molar-refractivity contribution in [2.24, 2.45) is 5.92 Å². The molecule has 0 bridgehead atoms. The van der Waals surface area contributed by atoms with Crippen molar-refractivity contribution in [3.05, 3.63) is 29.8 Å². The summed E-state index contributed by atoms with van der Waals surface area (Å²) in [5.41, 5.74) is 0.660. The predicted octanol–water partition coefficient (Wildman–Crippen LogP) is 3.67. The first kappa shape index (κ1) is 19.8. The van der Waals surface area contributed by atoms with Crippen LogP contribution in [0.1, 0.15) is 45.6 Å². The third kappa shape index (κ3) is 6.34. The van der Waals surface area contributed by atoms with Gasteiger partial charge in [0, 0.05) is 19.3 Å². The summed E-state index contributed by atoms with van der Waals surface area (Å²) in [5, 5.41) is 0. The summed E-state index contributed by atoms with van der Waals surface area (Å²) in [5.74, 6) is 0.454. The Hall–Kier alpha value is -1.56. The molecule has 2 rings (SSSR count). The fraction of sp³-hybridized carbons (Fsp3) is 0.632. The maximum absolute atomic E-state index is 12.2.